The lowest BCUT2D eigenvalue weighted by atomic mass is 9.87. The van der Waals surface area contributed by atoms with Gasteiger partial charge in [0.2, 0.25) is 0 Å². The van der Waals surface area contributed by atoms with Crippen molar-refractivity contribution in [2.45, 2.75) is 10.9 Å². The van der Waals surface area contributed by atoms with Crippen LogP contribution in [-0.2, 0) is 38.1 Å². The zero-order valence-electron chi connectivity index (χ0n) is 16.7. The van der Waals surface area contributed by atoms with Crippen molar-refractivity contribution in [3.63, 3.8) is 0 Å². The van der Waals surface area contributed by atoms with Gasteiger partial charge in [-0.15, -0.1) is 0 Å². The van der Waals surface area contributed by atoms with Crippen LogP contribution in [0.1, 0.15) is 0 Å². The zero-order chi connectivity index (χ0) is 22.0. The lowest BCUT2D eigenvalue weighted by Gasteiger charge is -2.32. The number of hydrogen-bond donors (Lipinski definition) is 0. The van der Waals surface area contributed by atoms with Gasteiger partial charge in [-0.05, 0) is 18.2 Å². The van der Waals surface area contributed by atoms with E-state index < -0.39 is 35.8 Å². The number of para-hydroxylation sites is 1. The van der Waals surface area contributed by atoms with Crippen LogP contribution in [0.4, 0.5) is 5.69 Å². The molecule has 2 aliphatic rings. The molecule has 3 rings (SSSR count). The third kappa shape index (κ3) is 3.43. The maximum atomic E-state index is 12.9. The highest BCUT2D eigenvalue weighted by molar-refractivity contribution is 8.03. The number of carbonyl (C=O) groups excluding carboxylic acids is 4. The fourth-order valence-corrected chi connectivity index (χ4v) is 4.58. The van der Waals surface area contributed by atoms with E-state index in [1.165, 1.54) is 24.9 Å². The molecule has 0 radical (unpaired) electrons. The van der Waals surface area contributed by atoms with Gasteiger partial charge in [0.25, 0.3) is 0 Å². The van der Waals surface area contributed by atoms with Crippen molar-refractivity contribution >= 4 is 41.3 Å². The van der Waals surface area contributed by atoms with Crippen molar-refractivity contribution in [1.29, 1.82) is 0 Å². The molecule has 1 aromatic rings. The molecular formula is C20H19NO8S. The molecule has 2 heterocycles. The van der Waals surface area contributed by atoms with Crippen LogP contribution in [-0.4, -0.2) is 58.4 Å². The number of anilines is 1. The topological polar surface area (TPSA) is 108 Å². The maximum absolute atomic E-state index is 12.9. The normalized spacial score (nSPS) is 19.7. The predicted octanol–water partition coefficient (Wildman–Crippen LogP) is 1.43. The van der Waals surface area contributed by atoms with E-state index in [0.717, 1.165) is 26.2 Å². The second-order valence-electron chi connectivity index (χ2n) is 6.20. The molecule has 2 unspecified atom stereocenters. The van der Waals surface area contributed by atoms with E-state index in [4.69, 9.17) is 18.9 Å². The number of hydrogen-bond acceptors (Lipinski definition) is 10. The fraction of sp³-hybridized carbons (Fsp3) is 0.300. The Morgan fingerprint density at radius 1 is 0.867 bits per heavy atom. The standard InChI is InChI=1S/C20H19NO8S/c1-26-17(22)10-9-13-21(11-7-5-6-8-12(11)30-13)16(20(25)29-4)15(19(24)28-3)14(10)18(23)27-2/h5-9,15-16H,1-4H3. The lowest BCUT2D eigenvalue weighted by Crippen LogP contribution is -2.49. The number of rotatable bonds is 4. The Hall–Kier alpha value is -3.27. The number of esters is 4. The van der Waals surface area contributed by atoms with Gasteiger partial charge in [0.1, 0.15) is 12.0 Å². The Balaban J connectivity index is 2.38. The molecule has 158 valence electrons. The van der Waals surface area contributed by atoms with Crippen molar-refractivity contribution in [2.24, 2.45) is 5.92 Å². The summed E-state index contributed by atoms with van der Waals surface area (Å²) in [6, 6.07) is 5.86. The van der Waals surface area contributed by atoms with Gasteiger partial charge < -0.3 is 23.8 Å². The Morgan fingerprint density at radius 2 is 1.50 bits per heavy atom. The second-order valence-corrected chi connectivity index (χ2v) is 7.26. The molecular weight excluding hydrogens is 414 g/mol. The van der Waals surface area contributed by atoms with Crippen LogP contribution >= 0.6 is 11.8 Å². The summed E-state index contributed by atoms with van der Waals surface area (Å²) >= 11 is 1.27. The van der Waals surface area contributed by atoms with Gasteiger partial charge in [-0.3, -0.25) is 4.79 Å². The van der Waals surface area contributed by atoms with Crippen molar-refractivity contribution in [3.8, 4) is 0 Å². The van der Waals surface area contributed by atoms with Gasteiger partial charge in [0.15, 0.2) is 0 Å². The minimum absolute atomic E-state index is 0.202. The Morgan fingerprint density at radius 3 is 2.10 bits per heavy atom. The summed E-state index contributed by atoms with van der Waals surface area (Å²) in [5, 5.41) is 0.444. The SMILES string of the molecule is COC(=O)C1=C(C(=O)OC)C(C(=O)OC)C(C(=O)OC)N2C(=C1)Sc1ccccc12. The summed E-state index contributed by atoms with van der Waals surface area (Å²) in [4.78, 5) is 53.4. The summed E-state index contributed by atoms with van der Waals surface area (Å²) in [6.07, 6.45) is 1.40. The first-order valence-electron chi connectivity index (χ1n) is 8.73. The highest BCUT2D eigenvalue weighted by atomic mass is 32.2. The maximum Gasteiger partial charge on any atom is 0.338 e. The molecule has 0 saturated heterocycles. The van der Waals surface area contributed by atoms with Gasteiger partial charge in [-0.1, -0.05) is 23.9 Å². The van der Waals surface area contributed by atoms with Crippen LogP contribution in [0.25, 0.3) is 0 Å². The Labute approximate surface area is 176 Å². The van der Waals surface area contributed by atoms with E-state index in [1.807, 2.05) is 12.1 Å². The Kier molecular flexibility index (Phi) is 6.16. The minimum atomic E-state index is -1.51. The van der Waals surface area contributed by atoms with Gasteiger partial charge in [0.05, 0.1) is 50.3 Å². The van der Waals surface area contributed by atoms with Crippen LogP contribution in [0.5, 0.6) is 0 Å². The number of thioether (sulfide) groups is 1. The zero-order valence-corrected chi connectivity index (χ0v) is 17.5. The first kappa shape index (κ1) is 21.4. The summed E-state index contributed by atoms with van der Waals surface area (Å²) in [6.45, 7) is 0. The second kappa shape index (κ2) is 8.62. The number of nitrogens with zero attached hydrogens (tertiary/aromatic N) is 1. The van der Waals surface area contributed by atoms with Crippen molar-refractivity contribution in [2.75, 3.05) is 33.3 Å². The van der Waals surface area contributed by atoms with Crippen LogP contribution in [0.3, 0.4) is 0 Å². The monoisotopic (exact) mass is 433 g/mol. The molecule has 10 heteroatoms. The molecule has 0 spiro atoms. The summed E-state index contributed by atoms with van der Waals surface area (Å²) < 4.78 is 19.5. The van der Waals surface area contributed by atoms with Crippen LogP contribution in [0.2, 0.25) is 0 Å². The Bertz CT molecular complexity index is 983. The van der Waals surface area contributed by atoms with E-state index in [2.05, 4.69) is 0 Å². The van der Waals surface area contributed by atoms with Crippen molar-refractivity contribution in [3.05, 3.63) is 46.5 Å². The van der Waals surface area contributed by atoms with E-state index >= 15 is 0 Å². The highest BCUT2D eigenvalue weighted by Gasteiger charge is 2.51. The smallest absolute Gasteiger partial charge is 0.338 e. The highest BCUT2D eigenvalue weighted by Crippen LogP contribution is 2.50. The van der Waals surface area contributed by atoms with Gasteiger partial charge in [-0.25, -0.2) is 14.4 Å². The average molecular weight is 433 g/mol. The van der Waals surface area contributed by atoms with Gasteiger partial charge >= 0.3 is 23.9 Å². The predicted molar refractivity (Wildman–Crippen MR) is 105 cm³/mol. The molecule has 0 amide bonds. The summed E-state index contributed by atoms with van der Waals surface area (Å²) in [5.41, 5.74) is 0.0754. The number of fused-ring (bicyclic) bond motifs is 3. The number of ether oxygens (including phenoxy) is 4. The quantitative estimate of drug-likeness (QED) is 0.511. The molecule has 0 saturated carbocycles. The van der Waals surface area contributed by atoms with Crippen molar-refractivity contribution in [1.82, 2.24) is 0 Å². The molecule has 2 aliphatic heterocycles. The van der Waals surface area contributed by atoms with Crippen LogP contribution in [0, 0.1) is 5.92 Å². The lowest BCUT2D eigenvalue weighted by molar-refractivity contribution is -0.154. The molecule has 0 aliphatic carbocycles. The molecule has 0 aromatic heterocycles. The van der Waals surface area contributed by atoms with E-state index in [9.17, 15) is 19.2 Å². The third-order valence-corrected chi connectivity index (χ3v) is 5.84. The summed E-state index contributed by atoms with van der Waals surface area (Å²) in [5.74, 6) is -5.03. The summed E-state index contributed by atoms with van der Waals surface area (Å²) in [7, 11) is 4.54. The van der Waals surface area contributed by atoms with Gasteiger partial charge in [-0.2, -0.15) is 0 Å². The van der Waals surface area contributed by atoms with E-state index in [1.54, 1.807) is 17.0 Å². The largest absolute Gasteiger partial charge is 0.468 e. The molecule has 0 N–H and O–H groups in total. The molecule has 30 heavy (non-hydrogen) atoms. The van der Waals surface area contributed by atoms with Crippen LogP contribution < -0.4 is 4.90 Å². The average Bonchev–Trinajstić information content (AvgIpc) is 3.06. The molecule has 9 nitrogen and oxygen atoms in total. The van der Waals surface area contributed by atoms with Crippen LogP contribution in [0.15, 0.2) is 51.4 Å². The van der Waals surface area contributed by atoms with Crippen molar-refractivity contribution < 1.29 is 38.1 Å². The molecule has 1 aromatic carbocycles. The number of methoxy groups -OCH3 is 4. The fourth-order valence-electron chi connectivity index (χ4n) is 3.45. The first-order chi connectivity index (χ1) is 14.4. The number of carbonyl (C=O) groups is 4. The minimum Gasteiger partial charge on any atom is -0.468 e. The molecule has 2 atom stereocenters. The van der Waals surface area contributed by atoms with Gasteiger partial charge in [0, 0.05) is 4.90 Å². The van der Waals surface area contributed by atoms with E-state index in [-0.39, 0.29) is 11.1 Å². The molecule has 0 bridgehead atoms. The third-order valence-electron chi connectivity index (χ3n) is 4.75. The van der Waals surface area contributed by atoms with E-state index in [0.29, 0.717) is 10.7 Å². The molecule has 0 fully saturated rings. The first-order valence-corrected chi connectivity index (χ1v) is 9.55. The number of benzene rings is 1.